The van der Waals surface area contributed by atoms with E-state index in [1.54, 1.807) is 6.07 Å². The molecular formula is C7H9BN2O2. The molecule has 0 saturated carbocycles. The van der Waals surface area contributed by atoms with Crippen molar-refractivity contribution in [2.24, 2.45) is 0 Å². The van der Waals surface area contributed by atoms with Gasteiger partial charge in [0.25, 0.3) is 0 Å². The molecule has 0 atom stereocenters. The molecule has 2 rings (SSSR count). The predicted molar refractivity (Wildman–Crippen MR) is 46.3 cm³/mol. The Labute approximate surface area is 70.4 Å². The van der Waals surface area contributed by atoms with Crippen molar-refractivity contribution in [2.75, 3.05) is 11.9 Å². The smallest absolute Gasteiger partial charge is 0.423 e. The van der Waals surface area contributed by atoms with Crippen molar-refractivity contribution in [3.8, 4) is 0 Å². The van der Waals surface area contributed by atoms with Crippen molar-refractivity contribution in [3.05, 3.63) is 17.8 Å². The average molecular weight is 164 g/mol. The van der Waals surface area contributed by atoms with Crippen LogP contribution in [-0.4, -0.2) is 28.7 Å². The van der Waals surface area contributed by atoms with Crippen LogP contribution in [0.2, 0.25) is 0 Å². The van der Waals surface area contributed by atoms with Gasteiger partial charge in [0, 0.05) is 18.2 Å². The molecule has 0 unspecified atom stereocenters. The Bertz CT molecular complexity index is 303. The zero-order chi connectivity index (χ0) is 8.55. The molecule has 4 nitrogen and oxygen atoms in total. The summed E-state index contributed by atoms with van der Waals surface area (Å²) in [5, 5.41) is 20.8. The van der Waals surface area contributed by atoms with Crippen molar-refractivity contribution in [1.29, 1.82) is 0 Å². The lowest BCUT2D eigenvalue weighted by atomic mass is 9.81. The highest BCUT2D eigenvalue weighted by atomic mass is 16.4. The number of pyridine rings is 1. The SMILES string of the molecule is OB(O)c1cnc2c(c1)CCN2. The van der Waals surface area contributed by atoms with Crippen molar-refractivity contribution < 1.29 is 10.0 Å². The zero-order valence-corrected chi connectivity index (χ0v) is 6.49. The molecule has 0 aliphatic carbocycles. The largest absolute Gasteiger partial charge is 0.490 e. The lowest BCUT2D eigenvalue weighted by Crippen LogP contribution is -2.30. The second kappa shape index (κ2) is 2.77. The van der Waals surface area contributed by atoms with Gasteiger partial charge in [0.05, 0.1) is 0 Å². The van der Waals surface area contributed by atoms with Gasteiger partial charge in [-0.25, -0.2) is 4.98 Å². The fourth-order valence-corrected chi connectivity index (χ4v) is 1.34. The first kappa shape index (κ1) is 7.58. The maximum atomic E-state index is 8.85. The van der Waals surface area contributed by atoms with Crippen LogP contribution in [0.4, 0.5) is 5.82 Å². The third-order valence-corrected chi connectivity index (χ3v) is 1.97. The van der Waals surface area contributed by atoms with Gasteiger partial charge < -0.3 is 15.4 Å². The summed E-state index contributed by atoms with van der Waals surface area (Å²) in [6.45, 7) is 0.882. The van der Waals surface area contributed by atoms with E-state index in [2.05, 4.69) is 10.3 Å². The number of nitrogens with zero attached hydrogens (tertiary/aromatic N) is 1. The summed E-state index contributed by atoms with van der Waals surface area (Å²) in [5.41, 5.74) is 1.51. The molecule has 1 aromatic rings. The van der Waals surface area contributed by atoms with Crippen LogP contribution in [0.5, 0.6) is 0 Å². The summed E-state index contributed by atoms with van der Waals surface area (Å²) in [4.78, 5) is 4.05. The predicted octanol–water partition coefficient (Wildman–Crippen LogP) is -1.27. The second-order valence-electron chi connectivity index (χ2n) is 2.83. The normalized spacial score (nSPS) is 13.8. The molecule has 0 radical (unpaired) electrons. The minimum absolute atomic E-state index is 0.456. The Kier molecular flexibility index (Phi) is 1.75. The number of hydrogen-bond donors (Lipinski definition) is 3. The molecule has 0 saturated heterocycles. The van der Waals surface area contributed by atoms with E-state index in [0.717, 1.165) is 24.3 Å². The van der Waals surface area contributed by atoms with Crippen LogP contribution in [0.3, 0.4) is 0 Å². The molecule has 0 aromatic carbocycles. The van der Waals surface area contributed by atoms with E-state index >= 15 is 0 Å². The van der Waals surface area contributed by atoms with Crippen LogP contribution < -0.4 is 10.8 Å². The highest BCUT2D eigenvalue weighted by Crippen LogP contribution is 2.16. The van der Waals surface area contributed by atoms with Gasteiger partial charge in [0.15, 0.2) is 0 Å². The second-order valence-corrected chi connectivity index (χ2v) is 2.83. The third-order valence-electron chi connectivity index (χ3n) is 1.97. The molecule has 3 N–H and O–H groups in total. The molecule has 0 bridgehead atoms. The van der Waals surface area contributed by atoms with Crippen LogP contribution in [0.25, 0.3) is 0 Å². The van der Waals surface area contributed by atoms with Gasteiger partial charge in [-0.3, -0.25) is 0 Å². The zero-order valence-electron chi connectivity index (χ0n) is 6.49. The number of hydrogen-bond acceptors (Lipinski definition) is 4. The fourth-order valence-electron chi connectivity index (χ4n) is 1.34. The topological polar surface area (TPSA) is 65.4 Å². The Balaban J connectivity index is 2.39. The fraction of sp³-hybridized carbons (Fsp3) is 0.286. The van der Waals surface area contributed by atoms with E-state index < -0.39 is 7.12 Å². The van der Waals surface area contributed by atoms with Gasteiger partial charge >= 0.3 is 7.12 Å². The van der Waals surface area contributed by atoms with E-state index in [1.807, 2.05) is 0 Å². The van der Waals surface area contributed by atoms with Crippen molar-refractivity contribution in [1.82, 2.24) is 4.98 Å². The quantitative estimate of drug-likeness (QED) is 0.452. The van der Waals surface area contributed by atoms with E-state index in [9.17, 15) is 0 Å². The molecule has 12 heavy (non-hydrogen) atoms. The maximum Gasteiger partial charge on any atom is 0.490 e. The summed E-state index contributed by atoms with van der Waals surface area (Å²) in [6, 6.07) is 1.77. The third kappa shape index (κ3) is 1.17. The lowest BCUT2D eigenvalue weighted by molar-refractivity contribution is 0.425. The van der Waals surface area contributed by atoms with Gasteiger partial charge in [-0.2, -0.15) is 0 Å². The first-order chi connectivity index (χ1) is 5.77. The van der Waals surface area contributed by atoms with E-state index in [1.165, 1.54) is 6.20 Å². The molecule has 0 spiro atoms. The van der Waals surface area contributed by atoms with Gasteiger partial charge in [-0.15, -0.1) is 0 Å². The molecule has 1 aliphatic rings. The minimum atomic E-state index is -1.41. The highest BCUT2D eigenvalue weighted by Gasteiger charge is 2.16. The van der Waals surface area contributed by atoms with Crippen LogP contribution in [0.15, 0.2) is 12.3 Å². The average Bonchev–Trinajstić information content (AvgIpc) is 2.49. The number of aromatic nitrogens is 1. The van der Waals surface area contributed by atoms with E-state index in [0.29, 0.717) is 5.46 Å². The van der Waals surface area contributed by atoms with Gasteiger partial charge in [0.1, 0.15) is 5.82 Å². The molecule has 5 heteroatoms. The van der Waals surface area contributed by atoms with Crippen molar-refractivity contribution in [2.45, 2.75) is 6.42 Å². The van der Waals surface area contributed by atoms with Crippen LogP contribution >= 0.6 is 0 Å². The maximum absolute atomic E-state index is 8.85. The highest BCUT2D eigenvalue weighted by molar-refractivity contribution is 6.58. The molecule has 62 valence electrons. The molecular weight excluding hydrogens is 155 g/mol. The minimum Gasteiger partial charge on any atom is -0.423 e. The van der Waals surface area contributed by atoms with Crippen molar-refractivity contribution in [3.63, 3.8) is 0 Å². The first-order valence-corrected chi connectivity index (χ1v) is 3.86. The molecule has 0 amide bonds. The molecule has 0 fully saturated rings. The summed E-state index contributed by atoms with van der Waals surface area (Å²) < 4.78 is 0. The van der Waals surface area contributed by atoms with Crippen LogP contribution in [-0.2, 0) is 6.42 Å². The monoisotopic (exact) mass is 164 g/mol. The van der Waals surface area contributed by atoms with Crippen LogP contribution in [0.1, 0.15) is 5.56 Å². The number of nitrogens with one attached hydrogen (secondary N) is 1. The van der Waals surface area contributed by atoms with Crippen LogP contribution in [0, 0.1) is 0 Å². The Hall–Kier alpha value is -1.07. The lowest BCUT2D eigenvalue weighted by Gasteiger charge is -2.01. The Morgan fingerprint density at radius 1 is 1.50 bits per heavy atom. The first-order valence-electron chi connectivity index (χ1n) is 3.86. The number of anilines is 1. The van der Waals surface area contributed by atoms with Gasteiger partial charge in [-0.1, -0.05) is 6.07 Å². The number of rotatable bonds is 1. The Morgan fingerprint density at radius 2 is 2.33 bits per heavy atom. The van der Waals surface area contributed by atoms with E-state index in [-0.39, 0.29) is 0 Å². The van der Waals surface area contributed by atoms with Gasteiger partial charge in [-0.05, 0) is 12.0 Å². The molecule has 1 aliphatic heterocycles. The summed E-state index contributed by atoms with van der Waals surface area (Å²) in [5.74, 6) is 0.861. The summed E-state index contributed by atoms with van der Waals surface area (Å²) >= 11 is 0. The summed E-state index contributed by atoms with van der Waals surface area (Å²) in [6.07, 6.45) is 2.38. The molecule has 1 aromatic heterocycles. The van der Waals surface area contributed by atoms with E-state index in [4.69, 9.17) is 10.0 Å². The molecule has 2 heterocycles. The van der Waals surface area contributed by atoms with Crippen molar-refractivity contribution >= 4 is 18.4 Å². The van der Waals surface area contributed by atoms with Gasteiger partial charge in [0.2, 0.25) is 0 Å². The standard InChI is InChI=1S/C7H9BN2O2/c11-8(12)6-3-5-1-2-9-7(5)10-4-6/h3-4,11-12H,1-2H2,(H,9,10). The Morgan fingerprint density at radius 3 is 3.08 bits per heavy atom. The number of fused-ring (bicyclic) bond motifs is 1. The summed E-state index contributed by atoms with van der Waals surface area (Å²) in [7, 11) is -1.41.